The van der Waals surface area contributed by atoms with Crippen molar-refractivity contribution in [3.8, 4) is 0 Å². The second-order valence-electron chi connectivity index (χ2n) is 5.05. The first-order chi connectivity index (χ1) is 10.2. The number of thiocarbonyl (C=S) groups is 1. The van der Waals surface area contributed by atoms with Gasteiger partial charge in [-0.1, -0.05) is 0 Å². The van der Waals surface area contributed by atoms with Crippen molar-refractivity contribution in [2.45, 2.75) is 0 Å². The van der Waals surface area contributed by atoms with Gasteiger partial charge < -0.3 is 14.7 Å². The Morgan fingerprint density at radius 3 is 1.90 bits per heavy atom. The molecule has 6 nitrogen and oxygen atoms in total. The van der Waals surface area contributed by atoms with Gasteiger partial charge in [0.1, 0.15) is 11.4 Å². The van der Waals surface area contributed by atoms with E-state index >= 15 is 0 Å². The van der Waals surface area contributed by atoms with Crippen molar-refractivity contribution in [2.24, 2.45) is 3.74 Å². The van der Waals surface area contributed by atoms with Gasteiger partial charge in [-0.15, -0.1) is 0 Å². The molecule has 0 saturated carbocycles. The molecule has 3 fully saturated rings. The summed E-state index contributed by atoms with van der Waals surface area (Å²) in [4.78, 5) is 30.5. The number of hydrogen-bond acceptors (Lipinski definition) is 7. The number of isothiocyanates is 1. The summed E-state index contributed by atoms with van der Waals surface area (Å²) in [5.41, 5.74) is 1.89. The number of nitrogens with zero attached hydrogens (tertiary/aromatic N) is 4. The van der Waals surface area contributed by atoms with Gasteiger partial charge in [0, 0.05) is 45.3 Å². The van der Waals surface area contributed by atoms with Crippen LogP contribution < -0.4 is 0 Å². The van der Waals surface area contributed by atoms with Gasteiger partial charge in [-0.05, 0) is 0 Å². The van der Waals surface area contributed by atoms with Crippen molar-refractivity contribution in [3.63, 3.8) is 0 Å². The van der Waals surface area contributed by atoms with Crippen LogP contribution in [-0.4, -0.2) is 70.7 Å². The molecule has 0 spiro atoms. The van der Waals surface area contributed by atoms with Crippen molar-refractivity contribution in [3.05, 3.63) is 23.2 Å². The van der Waals surface area contributed by atoms with Crippen LogP contribution >= 0.6 is 12.2 Å². The van der Waals surface area contributed by atoms with E-state index in [0.29, 0.717) is 17.1 Å². The molecule has 8 heteroatoms. The van der Waals surface area contributed by atoms with Gasteiger partial charge in [-0.3, -0.25) is 9.59 Å². The molecule has 4 aliphatic rings. The van der Waals surface area contributed by atoms with Crippen LogP contribution in [0.15, 0.2) is 26.9 Å². The first-order valence-corrected chi connectivity index (χ1v) is 7.83. The molecule has 3 aliphatic heterocycles. The van der Waals surface area contributed by atoms with Crippen LogP contribution in [0.3, 0.4) is 0 Å². The summed E-state index contributed by atoms with van der Waals surface area (Å²) in [6.45, 7) is 5.41. The van der Waals surface area contributed by atoms with Crippen molar-refractivity contribution in [1.82, 2.24) is 14.7 Å². The topological polar surface area (TPSA) is 55.5 Å². The Morgan fingerprint density at radius 1 is 1.00 bits per heavy atom. The minimum atomic E-state index is 0.00546. The molecule has 0 atom stereocenters. The third kappa shape index (κ3) is 3.13. The molecule has 0 bridgehead atoms. The average molecular weight is 390 g/mol. The summed E-state index contributed by atoms with van der Waals surface area (Å²) in [5.74, 6) is 0.0485. The Hall–Kier alpha value is -1.36. The molecule has 0 amide bonds. The van der Waals surface area contributed by atoms with Crippen molar-refractivity contribution >= 4 is 28.9 Å². The summed E-state index contributed by atoms with van der Waals surface area (Å²) in [6, 6.07) is 0. The SMILES string of the molecule is O=C1C=C(N2CC2)C(=O)C(N2CC2)=C1N1CC1.S=C=[N][Ru]. The fraction of sp³-hybridized carbons (Fsp3) is 0.462. The molecule has 1 aliphatic carbocycles. The summed E-state index contributed by atoms with van der Waals surface area (Å²) >= 11 is 6.11. The number of ketones is 2. The Balaban J connectivity index is 0.000000298. The van der Waals surface area contributed by atoms with E-state index < -0.39 is 0 Å². The number of carbonyl (C=O) groups is 2. The molecule has 3 saturated heterocycles. The van der Waals surface area contributed by atoms with Crippen LogP contribution in [-0.2, 0) is 28.1 Å². The Bertz CT molecular complexity index is 612. The standard InChI is InChI=1S/C12H13N3O2.CNS.Ru/c16-9-7-8(13-1-2-13)12(17)11(15-5-6-15)10(9)14-3-4-14;2-1-3;/h7H,1-6H2;;/q;-1;+1. The van der Waals surface area contributed by atoms with E-state index in [1.165, 1.54) is 6.08 Å². The fourth-order valence-corrected chi connectivity index (χ4v) is 2.28. The van der Waals surface area contributed by atoms with Gasteiger partial charge in [0.15, 0.2) is 0 Å². The maximum absolute atomic E-state index is 12.4. The van der Waals surface area contributed by atoms with E-state index in [1.54, 1.807) is 0 Å². The predicted octanol–water partition coefficient (Wildman–Crippen LogP) is -0.268. The summed E-state index contributed by atoms with van der Waals surface area (Å²) in [6.07, 6.45) is 1.52. The Morgan fingerprint density at radius 2 is 1.48 bits per heavy atom. The third-order valence-corrected chi connectivity index (χ3v) is 4.06. The van der Waals surface area contributed by atoms with E-state index in [4.69, 9.17) is 0 Å². The zero-order chi connectivity index (χ0) is 15.0. The van der Waals surface area contributed by atoms with Crippen molar-refractivity contribution in [1.29, 1.82) is 0 Å². The molecule has 0 N–H and O–H groups in total. The summed E-state index contributed by atoms with van der Waals surface area (Å²) in [5, 5.41) is 2.11. The maximum atomic E-state index is 12.4. The van der Waals surface area contributed by atoms with Gasteiger partial charge in [0.2, 0.25) is 11.6 Å². The van der Waals surface area contributed by atoms with Gasteiger partial charge in [-0.2, -0.15) is 0 Å². The Labute approximate surface area is 138 Å². The molecular weight excluding hydrogens is 377 g/mol. The van der Waals surface area contributed by atoms with Crippen LogP contribution in [0, 0.1) is 0 Å². The molecule has 111 valence electrons. The molecular formula is C13H13N4O2RuS. The zero-order valence-electron chi connectivity index (χ0n) is 11.2. The van der Waals surface area contributed by atoms with Gasteiger partial charge in [0.05, 0.1) is 5.70 Å². The Kier molecular flexibility index (Phi) is 4.02. The second kappa shape index (κ2) is 5.80. The predicted molar refractivity (Wildman–Crippen MR) is 74.9 cm³/mol. The number of carbonyl (C=O) groups excluding carboxylic acids is 2. The number of rotatable bonds is 3. The summed E-state index contributed by atoms with van der Waals surface area (Å²) < 4.78 is 3.23. The summed E-state index contributed by atoms with van der Waals surface area (Å²) in [7, 11) is 0. The van der Waals surface area contributed by atoms with E-state index in [2.05, 4.69) is 21.1 Å². The van der Waals surface area contributed by atoms with E-state index in [-0.39, 0.29) is 11.6 Å². The molecule has 0 unspecified atom stereocenters. The average Bonchev–Trinajstić information content (AvgIpc) is 3.30. The normalized spacial score (nSPS) is 22.3. The second-order valence-corrected chi connectivity index (χ2v) is 5.62. The first kappa shape index (κ1) is 14.6. The number of hydrogen-bond donors (Lipinski definition) is 0. The molecule has 0 aromatic carbocycles. The van der Waals surface area contributed by atoms with Gasteiger partial charge in [0.25, 0.3) is 0 Å². The van der Waals surface area contributed by atoms with Crippen LogP contribution in [0.2, 0.25) is 0 Å². The van der Waals surface area contributed by atoms with Crippen LogP contribution in [0.25, 0.3) is 0 Å². The third-order valence-electron chi connectivity index (χ3n) is 3.52. The molecule has 4 rings (SSSR count). The monoisotopic (exact) mass is 391 g/mol. The zero-order valence-corrected chi connectivity index (χ0v) is 13.7. The minimum absolute atomic E-state index is 0.00546. The molecule has 0 aromatic rings. The van der Waals surface area contributed by atoms with Gasteiger partial charge >= 0.3 is 39.7 Å². The number of Topliss-reactive ketones (excluding diaryl/α,β-unsaturated/α-hetero) is 1. The molecule has 3 heterocycles. The fourth-order valence-electron chi connectivity index (χ4n) is 2.28. The van der Waals surface area contributed by atoms with E-state index in [9.17, 15) is 9.59 Å². The van der Waals surface area contributed by atoms with Crippen molar-refractivity contribution < 1.29 is 28.1 Å². The van der Waals surface area contributed by atoms with E-state index in [1.807, 2.05) is 33.2 Å². The van der Waals surface area contributed by atoms with Crippen LogP contribution in [0.5, 0.6) is 0 Å². The van der Waals surface area contributed by atoms with E-state index in [0.717, 1.165) is 39.3 Å². The molecule has 0 aromatic heterocycles. The van der Waals surface area contributed by atoms with Gasteiger partial charge in [-0.25, -0.2) is 0 Å². The molecule has 21 heavy (non-hydrogen) atoms. The van der Waals surface area contributed by atoms with Crippen LogP contribution in [0.1, 0.15) is 0 Å². The van der Waals surface area contributed by atoms with Crippen LogP contribution in [0.4, 0.5) is 0 Å². The van der Waals surface area contributed by atoms with Crippen molar-refractivity contribution in [2.75, 3.05) is 39.3 Å². The first-order valence-electron chi connectivity index (χ1n) is 6.64. The number of allylic oxidation sites excluding steroid dienone is 1. The quantitative estimate of drug-likeness (QED) is 0.218. The molecule has 0 radical (unpaired) electrons.